The maximum atomic E-state index is 12.6. The number of hydrogen-bond donors (Lipinski definition) is 1. The highest BCUT2D eigenvalue weighted by Gasteiger charge is 2.32. The first-order valence-electron chi connectivity index (χ1n) is 6.80. The molecule has 0 amide bonds. The Labute approximate surface area is 143 Å². The first-order chi connectivity index (χ1) is 10.9. The molecule has 0 saturated heterocycles. The van der Waals surface area contributed by atoms with Crippen LogP contribution in [0.25, 0.3) is 11.1 Å². The molecule has 2 rings (SSSR count). The second-order valence-electron chi connectivity index (χ2n) is 4.55. The summed E-state index contributed by atoms with van der Waals surface area (Å²) in [7, 11) is 1.49. The maximum absolute atomic E-state index is 12.6. The molecule has 132 valence electrons. The molecule has 0 heterocycles. The molecular weight excluding hydrogens is 347 g/mol. The van der Waals surface area contributed by atoms with Gasteiger partial charge in [0.1, 0.15) is 12.4 Å². The topological polar surface area (TPSA) is 53.7 Å². The van der Waals surface area contributed by atoms with Crippen molar-refractivity contribution < 1.29 is 27.4 Å². The van der Waals surface area contributed by atoms with Gasteiger partial charge in [0.05, 0.1) is 7.11 Å². The molecule has 24 heavy (non-hydrogen) atoms. The predicted octanol–water partition coefficient (Wildman–Crippen LogP) is 4.02. The molecule has 0 bridgehead atoms. The highest BCUT2D eigenvalue weighted by Crippen LogP contribution is 2.38. The summed E-state index contributed by atoms with van der Waals surface area (Å²) in [6, 6.07) is 11.3. The summed E-state index contributed by atoms with van der Waals surface area (Å²) < 4.78 is 52.3. The Morgan fingerprint density at radius 2 is 1.71 bits per heavy atom. The van der Waals surface area contributed by atoms with Crippen LogP contribution in [0.3, 0.4) is 0 Å². The number of rotatable bonds is 6. The van der Waals surface area contributed by atoms with Gasteiger partial charge in [0.2, 0.25) is 0 Å². The fourth-order valence-corrected chi connectivity index (χ4v) is 2.05. The van der Waals surface area contributed by atoms with Crippen LogP contribution in [0.1, 0.15) is 0 Å². The molecule has 0 atom stereocenters. The van der Waals surface area contributed by atoms with Gasteiger partial charge in [0, 0.05) is 12.1 Å². The van der Waals surface area contributed by atoms with E-state index in [-0.39, 0.29) is 31.3 Å². The number of para-hydroxylation sites is 1. The van der Waals surface area contributed by atoms with Crippen LogP contribution in [0, 0.1) is 0 Å². The molecule has 0 aliphatic rings. The zero-order chi connectivity index (χ0) is 16.9. The highest BCUT2D eigenvalue weighted by molar-refractivity contribution is 5.85. The van der Waals surface area contributed by atoms with E-state index in [0.717, 1.165) is 0 Å². The molecule has 2 aromatic carbocycles. The van der Waals surface area contributed by atoms with Gasteiger partial charge in [-0.2, -0.15) is 0 Å². The van der Waals surface area contributed by atoms with Crippen LogP contribution in [-0.4, -0.2) is 26.6 Å². The molecule has 0 unspecified atom stereocenters. The molecule has 0 aromatic heterocycles. The Kier molecular flexibility index (Phi) is 7.18. The van der Waals surface area contributed by atoms with Crippen molar-refractivity contribution in [3.8, 4) is 28.4 Å². The summed E-state index contributed by atoms with van der Waals surface area (Å²) in [5, 5.41) is 0. The quantitative estimate of drug-likeness (QED) is 0.842. The van der Waals surface area contributed by atoms with Crippen LogP contribution in [0.2, 0.25) is 0 Å². The van der Waals surface area contributed by atoms with Crippen molar-refractivity contribution in [3.63, 3.8) is 0 Å². The molecule has 0 radical (unpaired) electrons. The van der Waals surface area contributed by atoms with E-state index in [9.17, 15) is 13.2 Å². The van der Waals surface area contributed by atoms with Gasteiger partial charge < -0.3 is 19.9 Å². The lowest BCUT2D eigenvalue weighted by molar-refractivity contribution is -0.275. The molecule has 8 heteroatoms. The van der Waals surface area contributed by atoms with Gasteiger partial charge in [-0.15, -0.1) is 25.6 Å². The minimum Gasteiger partial charge on any atom is -0.496 e. The summed E-state index contributed by atoms with van der Waals surface area (Å²) in [5.41, 5.74) is 6.47. The third-order valence-electron chi connectivity index (χ3n) is 2.96. The van der Waals surface area contributed by atoms with Crippen LogP contribution in [0.15, 0.2) is 42.5 Å². The predicted molar refractivity (Wildman–Crippen MR) is 86.9 cm³/mol. The minimum atomic E-state index is -4.82. The van der Waals surface area contributed by atoms with Gasteiger partial charge in [0.15, 0.2) is 11.5 Å². The number of alkyl halides is 3. The van der Waals surface area contributed by atoms with E-state index in [1.165, 1.54) is 19.2 Å². The normalized spacial score (nSPS) is 10.7. The SMILES string of the molecule is COc1ccccc1-c1ccc(OCCN)c(OC(F)(F)F)c1.Cl. The van der Waals surface area contributed by atoms with Crippen LogP contribution in [-0.2, 0) is 0 Å². The van der Waals surface area contributed by atoms with E-state index < -0.39 is 12.1 Å². The molecule has 0 fully saturated rings. The van der Waals surface area contributed by atoms with Crippen molar-refractivity contribution in [2.24, 2.45) is 5.73 Å². The molecule has 0 saturated carbocycles. The lowest BCUT2D eigenvalue weighted by Crippen LogP contribution is -2.18. The van der Waals surface area contributed by atoms with Crippen LogP contribution in [0.4, 0.5) is 13.2 Å². The lowest BCUT2D eigenvalue weighted by atomic mass is 10.0. The second kappa shape index (κ2) is 8.65. The van der Waals surface area contributed by atoms with E-state index >= 15 is 0 Å². The molecule has 2 aromatic rings. The number of halogens is 4. The standard InChI is InChI=1S/C16H16F3NO3.ClH/c1-21-13-5-3-2-4-12(13)11-6-7-14(22-9-8-20)15(10-11)23-16(17,18)19;/h2-7,10H,8-9,20H2,1H3;1H. The maximum Gasteiger partial charge on any atom is 0.573 e. The summed E-state index contributed by atoms with van der Waals surface area (Å²) in [4.78, 5) is 0. The third kappa shape index (κ3) is 5.21. The molecule has 0 spiro atoms. The van der Waals surface area contributed by atoms with E-state index in [1.807, 2.05) is 0 Å². The molecule has 2 N–H and O–H groups in total. The Balaban J connectivity index is 0.00000288. The Morgan fingerprint density at radius 1 is 1.00 bits per heavy atom. The van der Waals surface area contributed by atoms with Gasteiger partial charge >= 0.3 is 6.36 Å². The zero-order valence-electron chi connectivity index (χ0n) is 12.8. The first kappa shape index (κ1) is 19.9. The van der Waals surface area contributed by atoms with E-state index in [2.05, 4.69) is 4.74 Å². The summed E-state index contributed by atoms with van der Waals surface area (Å²) in [5.74, 6) is 0.0989. The van der Waals surface area contributed by atoms with Crippen molar-refractivity contribution >= 4 is 12.4 Å². The van der Waals surface area contributed by atoms with Crippen LogP contribution in [0.5, 0.6) is 17.2 Å². The number of nitrogens with two attached hydrogens (primary N) is 1. The summed E-state index contributed by atoms with van der Waals surface area (Å²) in [6.07, 6.45) is -4.82. The lowest BCUT2D eigenvalue weighted by Gasteiger charge is -2.16. The highest BCUT2D eigenvalue weighted by atomic mass is 35.5. The zero-order valence-corrected chi connectivity index (χ0v) is 13.6. The third-order valence-corrected chi connectivity index (χ3v) is 2.96. The van der Waals surface area contributed by atoms with E-state index in [0.29, 0.717) is 16.9 Å². The fourth-order valence-electron chi connectivity index (χ4n) is 2.05. The number of hydrogen-bond acceptors (Lipinski definition) is 4. The molecule has 0 aliphatic carbocycles. The van der Waals surface area contributed by atoms with Crippen molar-refractivity contribution in [1.82, 2.24) is 0 Å². The first-order valence-corrected chi connectivity index (χ1v) is 6.80. The van der Waals surface area contributed by atoms with Gasteiger partial charge in [-0.3, -0.25) is 0 Å². The van der Waals surface area contributed by atoms with E-state index in [1.54, 1.807) is 30.3 Å². The van der Waals surface area contributed by atoms with Crippen molar-refractivity contribution in [2.75, 3.05) is 20.3 Å². The second-order valence-corrected chi connectivity index (χ2v) is 4.55. The minimum absolute atomic E-state index is 0. The molecular formula is C16H17ClF3NO3. The Hall–Kier alpha value is -2.12. The van der Waals surface area contributed by atoms with Gasteiger partial charge in [-0.05, 0) is 23.8 Å². The summed E-state index contributed by atoms with van der Waals surface area (Å²) >= 11 is 0. The number of benzene rings is 2. The van der Waals surface area contributed by atoms with Crippen LogP contribution < -0.4 is 19.9 Å². The largest absolute Gasteiger partial charge is 0.573 e. The monoisotopic (exact) mass is 363 g/mol. The van der Waals surface area contributed by atoms with Gasteiger partial charge in [0.25, 0.3) is 0 Å². The summed E-state index contributed by atoms with van der Waals surface area (Å²) in [6.45, 7) is 0.266. The average molecular weight is 364 g/mol. The smallest absolute Gasteiger partial charge is 0.496 e. The number of methoxy groups -OCH3 is 1. The average Bonchev–Trinajstić information content (AvgIpc) is 2.52. The van der Waals surface area contributed by atoms with Crippen LogP contribution >= 0.6 is 12.4 Å². The van der Waals surface area contributed by atoms with E-state index in [4.69, 9.17) is 15.2 Å². The van der Waals surface area contributed by atoms with Crippen molar-refractivity contribution in [1.29, 1.82) is 0 Å². The fraction of sp³-hybridized carbons (Fsp3) is 0.250. The van der Waals surface area contributed by atoms with Gasteiger partial charge in [-0.1, -0.05) is 24.3 Å². The van der Waals surface area contributed by atoms with Crippen molar-refractivity contribution in [2.45, 2.75) is 6.36 Å². The number of ether oxygens (including phenoxy) is 3. The molecule has 0 aliphatic heterocycles. The Morgan fingerprint density at radius 3 is 2.33 bits per heavy atom. The molecule has 4 nitrogen and oxygen atoms in total. The Bertz CT molecular complexity index is 665. The van der Waals surface area contributed by atoms with Crippen molar-refractivity contribution in [3.05, 3.63) is 42.5 Å². The van der Waals surface area contributed by atoms with Gasteiger partial charge in [-0.25, -0.2) is 0 Å².